The Bertz CT molecular complexity index is 995. The Morgan fingerprint density at radius 2 is 1.73 bits per heavy atom. The molecule has 0 aromatic heterocycles. The summed E-state index contributed by atoms with van der Waals surface area (Å²) in [7, 11) is 1.70. The van der Waals surface area contributed by atoms with Crippen LogP contribution in [0.1, 0.15) is 23.1 Å². The molecule has 0 bridgehead atoms. The van der Waals surface area contributed by atoms with Crippen molar-refractivity contribution in [3.05, 3.63) is 89.5 Å². The number of anilines is 1. The number of methoxy groups -OCH3 is 1. The van der Waals surface area contributed by atoms with Crippen molar-refractivity contribution in [2.75, 3.05) is 31.8 Å². The Labute approximate surface area is 178 Å². The molecule has 1 fully saturated rings. The lowest BCUT2D eigenvalue weighted by Gasteiger charge is -2.24. The molecule has 2 heterocycles. The first kappa shape index (κ1) is 19.0. The van der Waals surface area contributed by atoms with Gasteiger partial charge in [0, 0.05) is 36.9 Å². The molecule has 1 unspecified atom stereocenters. The van der Waals surface area contributed by atoms with Gasteiger partial charge in [0.15, 0.2) is 0 Å². The highest BCUT2D eigenvalue weighted by Gasteiger charge is 2.45. The predicted octanol–water partition coefficient (Wildman–Crippen LogP) is 4.95. The number of hydrogen-bond acceptors (Lipinski definition) is 4. The third kappa shape index (κ3) is 3.63. The first-order valence-electron chi connectivity index (χ1n) is 10.5. The van der Waals surface area contributed by atoms with Crippen LogP contribution < -0.4 is 14.4 Å². The van der Waals surface area contributed by atoms with Crippen LogP contribution in [0.25, 0.3) is 0 Å². The highest BCUT2D eigenvalue weighted by molar-refractivity contribution is 5.66. The second-order valence-electron chi connectivity index (χ2n) is 8.24. The maximum absolute atomic E-state index is 6.12. The van der Waals surface area contributed by atoms with E-state index in [9.17, 15) is 0 Å². The Morgan fingerprint density at radius 1 is 0.933 bits per heavy atom. The fourth-order valence-corrected chi connectivity index (χ4v) is 4.62. The first-order chi connectivity index (χ1) is 14.8. The molecule has 2 aliphatic heterocycles. The fraction of sp³-hybridized carbons (Fsp3) is 0.308. The van der Waals surface area contributed by atoms with Gasteiger partial charge in [0.25, 0.3) is 0 Å². The summed E-state index contributed by atoms with van der Waals surface area (Å²) < 4.78 is 17.3. The molecule has 0 N–H and O–H groups in total. The SMILES string of the molecule is COc1ccc(CN2CC3(CCOC3)c3ccc(OCc4ccccc4)cc32)cc1. The van der Waals surface area contributed by atoms with E-state index in [-0.39, 0.29) is 5.41 Å². The number of benzene rings is 3. The van der Waals surface area contributed by atoms with Crippen molar-refractivity contribution in [2.45, 2.75) is 25.0 Å². The van der Waals surface area contributed by atoms with E-state index in [1.807, 2.05) is 30.3 Å². The molecule has 3 aromatic rings. The lowest BCUT2D eigenvalue weighted by Crippen LogP contribution is -2.33. The van der Waals surface area contributed by atoms with Crippen LogP contribution in [0, 0.1) is 0 Å². The van der Waals surface area contributed by atoms with Crippen LogP contribution in [0.2, 0.25) is 0 Å². The smallest absolute Gasteiger partial charge is 0.121 e. The number of fused-ring (bicyclic) bond motifs is 2. The van der Waals surface area contributed by atoms with Crippen LogP contribution in [0.5, 0.6) is 11.5 Å². The maximum atomic E-state index is 6.12. The van der Waals surface area contributed by atoms with Crippen LogP contribution in [0.15, 0.2) is 72.8 Å². The molecule has 4 nitrogen and oxygen atoms in total. The van der Waals surface area contributed by atoms with Gasteiger partial charge in [-0.05, 0) is 41.3 Å². The first-order valence-corrected chi connectivity index (χ1v) is 10.5. The average molecular weight is 402 g/mol. The minimum atomic E-state index is 0.0970. The van der Waals surface area contributed by atoms with Crippen molar-refractivity contribution in [3.63, 3.8) is 0 Å². The molecule has 1 spiro atoms. The van der Waals surface area contributed by atoms with Crippen molar-refractivity contribution < 1.29 is 14.2 Å². The van der Waals surface area contributed by atoms with Crippen molar-refractivity contribution in [1.82, 2.24) is 0 Å². The van der Waals surface area contributed by atoms with E-state index < -0.39 is 0 Å². The number of nitrogens with zero attached hydrogens (tertiary/aromatic N) is 1. The summed E-state index contributed by atoms with van der Waals surface area (Å²) in [5.41, 5.74) is 5.20. The van der Waals surface area contributed by atoms with E-state index in [0.29, 0.717) is 6.61 Å². The summed E-state index contributed by atoms with van der Waals surface area (Å²) in [6, 6.07) is 25.2. The Hall–Kier alpha value is -2.98. The maximum Gasteiger partial charge on any atom is 0.121 e. The number of hydrogen-bond donors (Lipinski definition) is 0. The molecule has 0 radical (unpaired) electrons. The Balaban J connectivity index is 1.40. The van der Waals surface area contributed by atoms with E-state index in [0.717, 1.165) is 44.2 Å². The second kappa shape index (κ2) is 8.04. The van der Waals surface area contributed by atoms with Crippen molar-refractivity contribution in [2.24, 2.45) is 0 Å². The van der Waals surface area contributed by atoms with Gasteiger partial charge in [-0.1, -0.05) is 48.5 Å². The molecule has 5 rings (SSSR count). The fourth-order valence-electron chi connectivity index (χ4n) is 4.62. The highest BCUT2D eigenvalue weighted by Crippen LogP contribution is 2.47. The van der Waals surface area contributed by atoms with Gasteiger partial charge in [-0.15, -0.1) is 0 Å². The molecule has 30 heavy (non-hydrogen) atoms. The summed E-state index contributed by atoms with van der Waals surface area (Å²) in [4.78, 5) is 2.47. The predicted molar refractivity (Wildman–Crippen MR) is 118 cm³/mol. The van der Waals surface area contributed by atoms with Crippen LogP contribution >= 0.6 is 0 Å². The van der Waals surface area contributed by atoms with Crippen molar-refractivity contribution in [3.8, 4) is 11.5 Å². The Kier molecular flexibility index (Phi) is 5.09. The molecule has 0 saturated carbocycles. The van der Waals surface area contributed by atoms with E-state index in [1.165, 1.54) is 22.4 Å². The zero-order chi connectivity index (χ0) is 20.4. The van der Waals surface area contributed by atoms with Crippen LogP contribution in [0.4, 0.5) is 5.69 Å². The minimum Gasteiger partial charge on any atom is -0.497 e. The second-order valence-corrected chi connectivity index (χ2v) is 8.24. The zero-order valence-corrected chi connectivity index (χ0v) is 17.3. The van der Waals surface area contributed by atoms with Gasteiger partial charge in [0.1, 0.15) is 18.1 Å². The van der Waals surface area contributed by atoms with Gasteiger partial charge < -0.3 is 19.1 Å². The van der Waals surface area contributed by atoms with Crippen LogP contribution in [-0.2, 0) is 23.3 Å². The third-order valence-electron chi connectivity index (χ3n) is 6.26. The topological polar surface area (TPSA) is 30.9 Å². The van der Waals surface area contributed by atoms with Gasteiger partial charge in [-0.3, -0.25) is 0 Å². The van der Waals surface area contributed by atoms with Gasteiger partial charge >= 0.3 is 0 Å². The van der Waals surface area contributed by atoms with Crippen molar-refractivity contribution in [1.29, 1.82) is 0 Å². The molecule has 0 aliphatic carbocycles. The van der Waals surface area contributed by atoms with Crippen LogP contribution in [0.3, 0.4) is 0 Å². The molecule has 1 saturated heterocycles. The lowest BCUT2D eigenvalue weighted by atomic mass is 9.82. The summed E-state index contributed by atoms with van der Waals surface area (Å²) in [6.45, 7) is 4.05. The summed E-state index contributed by atoms with van der Waals surface area (Å²) in [5.74, 6) is 1.80. The quantitative estimate of drug-likeness (QED) is 0.585. The van der Waals surface area contributed by atoms with Gasteiger partial charge in [-0.2, -0.15) is 0 Å². The Morgan fingerprint density at radius 3 is 2.47 bits per heavy atom. The standard InChI is InChI=1S/C26H27NO3/c1-28-22-9-7-20(8-10-22)16-27-18-26(13-14-29-19-26)24-12-11-23(15-25(24)27)30-17-21-5-3-2-4-6-21/h2-12,15H,13-14,16-19H2,1H3. The van der Waals surface area contributed by atoms with Crippen molar-refractivity contribution >= 4 is 5.69 Å². The van der Waals surface area contributed by atoms with Crippen LogP contribution in [-0.4, -0.2) is 26.9 Å². The monoisotopic (exact) mass is 401 g/mol. The van der Waals surface area contributed by atoms with Gasteiger partial charge in [0.05, 0.1) is 13.7 Å². The molecule has 4 heteroatoms. The normalized spacial score (nSPS) is 19.8. The molecule has 3 aromatic carbocycles. The molecular weight excluding hydrogens is 374 g/mol. The third-order valence-corrected chi connectivity index (χ3v) is 6.26. The molecule has 2 aliphatic rings. The molecule has 0 amide bonds. The number of rotatable bonds is 6. The molecule has 1 atom stereocenters. The minimum absolute atomic E-state index is 0.0970. The van der Waals surface area contributed by atoms with E-state index in [4.69, 9.17) is 14.2 Å². The van der Waals surface area contributed by atoms with Gasteiger partial charge in [-0.25, -0.2) is 0 Å². The van der Waals surface area contributed by atoms with E-state index in [2.05, 4.69) is 47.4 Å². The zero-order valence-electron chi connectivity index (χ0n) is 17.3. The molecular formula is C26H27NO3. The summed E-state index contributed by atoms with van der Waals surface area (Å²) in [6.07, 6.45) is 1.07. The van der Waals surface area contributed by atoms with E-state index in [1.54, 1.807) is 7.11 Å². The lowest BCUT2D eigenvalue weighted by molar-refractivity contribution is 0.180. The number of ether oxygens (including phenoxy) is 3. The molecule has 154 valence electrons. The van der Waals surface area contributed by atoms with Gasteiger partial charge in [0.2, 0.25) is 0 Å². The van der Waals surface area contributed by atoms with E-state index >= 15 is 0 Å². The average Bonchev–Trinajstić information content (AvgIpc) is 3.39. The largest absolute Gasteiger partial charge is 0.497 e. The summed E-state index contributed by atoms with van der Waals surface area (Å²) >= 11 is 0. The highest BCUT2D eigenvalue weighted by atomic mass is 16.5. The summed E-state index contributed by atoms with van der Waals surface area (Å²) in [5, 5.41) is 0.